The van der Waals surface area contributed by atoms with Crippen molar-refractivity contribution in [3.63, 3.8) is 0 Å². The molecule has 0 aliphatic rings. The van der Waals surface area contributed by atoms with E-state index in [2.05, 4.69) is 15.3 Å². The molecule has 0 bridgehead atoms. The largest absolute Gasteiger partial charge is 0.480 e. The van der Waals surface area contributed by atoms with Crippen LogP contribution in [0, 0.1) is 5.82 Å². The van der Waals surface area contributed by atoms with Crippen molar-refractivity contribution in [1.29, 1.82) is 0 Å². The molecule has 1 atom stereocenters. The van der Waals surface area contributed by atoms with Crippen LogP contribution in [0.5, 0.6) is 0 Å². The molecule has 0 aliphatic heterocycles. The van der Waals surface area contributed by atoms with E-state index in [1.165, 1.54) is 24.3 Å². The molecule has 0 saturated heterocycles. The number of aliphatic carboxylic acids is 1. The van der Waals surface area contributed by atoms with Crippen molar-refractivity contribution in [3.05, 3.63) is 46.1 Å². The minimum atomic E-state index is -1.04. The maximum absolute atomic E-state index is 12.7. The Morgan fingerprint density at radius 3 is 2.72 bits per heavy atom. The molecule has 1 aromatic carbocycles. The summed E-state index contributed by atoms with van der Waals surface area (Å²) in [5.74, 6) is -1.45. The SMILES string of the molecule is [N-]=[N+]=NCCCNC(C(=O)O)c1ccc(F)cc1. The highest BCUT2D eigenvalue weighted by Crippen LogP contribution is 2.13. The summed E-state index contributed by atoms with van der Waals surface area (Å²) >= 11 is 0. The van der Waals surface area contributed by atoms with Crippen LogP contribution in [0.2, 0.25) is 0 Å². The van der Waals surface area contributed by atoms with Gasteiger partial charge in [0.1, 0.15) is 11.9 Å². The van der Waals surface area contributed by atoms with Crippen LogP contribution in [0.4, 0.5) is 4.39 Å². The number of hydrogen-bond acceptors (Lipinski definition) is 3. The van der Waals surface area contributed by atoms with Crippen LogP contribution in [0.25, 0.3) is 10.4 Å². The van der Waals surface area contributed by atoms with Crippen LogP contribution >= 0.6 is 0 Å². The van der Waals surface area contributed by atoms with E-state index < -0.39 is 17.8 Å². The topological polar surface area (TPSA) is 98.1 Å². The van der Waals surface area contributed by atoms with Crippen molar-refractivity contribution in [2.75, 3.05) is 13.1 Å². The Hall–Kier alpha value is -2.11. The molecule has 1 aromatic rings. The first-order chi connectivity index (χ1) is 8.65. The molecule has 1 rings (SSSR count). The van der Waals surface area contributed by atoms with E-state index in [0.29, 0.717) is 25.1 Å². The fourth-order valence-electron chi connectivity index (χ4n) is 1.44. The van der Waals surface area contributed by atoms with E-state index in [0.717, 1.165) is 0 Å². The number of azide groups is 1. The summed E-state index contributed by atoms with van der Waals surface area (Å²) in [6.45, 7) is 0.701. The first-order valence-electron chi connectivity index (χ1n) is 5.37. The third kappa shape index (κ3) is 4.40. The van der Waals surface area contributed by atoms with Gasteiger partial charge in [-0.3, -0.25) is 4.79 Å². The molecule has 2 N–H and O–H groups in total. The number of nitrogens with one attached hydrogen (secondary N) is 1. The van der Waals surface area contributed by atoms with Crippen molar-refractivity contribution in [2.24, 2.45) is 5.11 Å². The summed E-state index contributed by atoms with van der Waals surface area (Å²) in [4.78, 5) is 13.7. The standard InChI is InChI=1S/C11H13FN4O2/c12-9-4-2-8(3-5-9)10(11(17)18)14-6-1-7-15-16-13/h2-5,10,14H,1,6-7H2,(H,17,18). The van der Waals surface area contributed by atoms with Crippen LogP contribution in [0.15, 0.2) is 29.4 Å². The molecule has 0 radical (unpaired) electrons. The van der Waals surface area contributed by atoms with Gasteiger partial charge in [0.15, 0.2) is 0 Å². The number of rotatable bonds is 7. The van der Waals surface area contributed by atoms with E-state index in [-0.39, 0.29) is 0 Å². The number of benzene rings is 1. The lowest BCUT2D eigenvalue weighted by molar-refractivity contribution is -0.139. The van der Waals surface area contributed by atoms with Gasteiger partial charge < -0.3 is 10.4 Å². The van der Waals surface area contributed by atoms with Gasteiger partial charge in [-0.2, -0.15) is 0 Å². The van der Waals surface area contributed by atoms with Crippen molar-refractivity contribution in [3.8, 4) is 0 Å². The van der Waals surface area contributed by atoms with Gasteiger partial charge in [-0.05, 0) is 36.2 Å². The van der Waals surface area contributed by atoms with Gasteiger partial charge in [0.2, 0.25) is 0 Å². The molecule has 6 nitrogen and oxygen atoms in total. The van der Waals surface area contributed by atoms with Crippen molar-refractivity contribution < 1.29 is 14.3 Å². The van der Waals surface area contributed by atoms with E-state index in [1.54, 1.807) is 0 Å². The number of carbonyl (C=O) groups is 1. The Morgan fingerprint density at radius 2 is 2.17 bits per heavy atom. The lowest BCUT2D eigenvalue weighted by atomic mass is 10.1. The number of halogens is 1. The molecular formula is C11H13FN4O2. The molecule has 1 unspecified atom stereocenters. The summed E-state index contributed by atoms with van der Waals surface area (Å²) in [6, 6.07) is 4.39. The van der Waals surface area contributed by atoms with Crippen LogP contribution < -0.4 is 5.32 Å². The predicted octanol–water partition coefficient (Wildman–Crippen LogP) is 2.24. The van der Waals surface area contributed by atoms with Gasteiger partial charge in [0, 0.05) is 11.5 Å². The smallest absolute Gasteiger partial charge is 0.325 e. The maximum Gasteiger partial charge on any atom is 0.325 e. The average molecular weight is 252 g/mol. The fourth-order valence-corrected chi connectivity index (χ4v) is 1.44. The molecule has 0 heterocycles. The normalized spacial score (nSPS) is 11.6. The van der Waals surface area contributed by atoms with Crippen LogP contribution in [-0.2, 0) is 4.79 Å². The monoisotopic (exact) mass is 252 g/mol. The zero-order chi connectivity index (χ0) is 13.4. The highest BCUT2D eigenvalue weighted by molar-refractivity contribution is 5.75. The number of nitrogens with zero attached hydrogens (tertiary/aromatic N) is 3. The third-order valence-corrected chi connectivity index (χ3v) is 2.30. The summed E-state index contributed by atoms with van der Waals surface area (Å²) in [5, 5.41) is 15.2. The molecular weight excluding hydrogens is 239 g/mol. The molecule has 96 valence electrons. The number of carboxylic acids is 1. The highest BCUT2D eigenvalue weighted by Gasteiger charge is 2.18. The summed E-state index contributed by atoms with van der Waals surface area (Å²) in [7, 11) is 0. The van der Waals surface area contributed by atoms with Crippen LogP contribution in [0.1, 0.15) is 18.0 Å². The number of carboxylic acid groups (broad SMARTS) is 1. The molecule has 0 amide bonds. The quantitative estimate of drug-likeness (QED) is 0.337. The average Bonchev–Trinajstić information content (AvgIpc) is 2.35. The van der Waals surface area contributed by atoms with E-state index in [4.69, 9.17) is 10.6 Å². The lowest BCUT2D eigenvalue weighted by Crippen LogP contribution is -2.29. The van der Waals surface area contributed by atoms with Gasteiger partial charge in [0.25, 0.3) is 0 Å². The van der Waals surface area contributed by atoms with Gasteiger partial charge in [-0.15, -0.1) is 0 Å². The van der Waals surface area contributed by atoms with Gasteiger partial charge >= 0.3 is 5.97 Å². The molecule has 0 spiro atoms. The molecule has 0 aromatic heterocycles. The van der Waals surface area contributed by atoms with Crippen molar-refractivity contribution in [1.82, 2.24) is 5.32 Å². The fraction of sp³-hybridized carbons (Fsp3) is 0.364. The summed E-state index contributed by atoms with van der Waals surface area (Å²) < 4.78 is 12.7. The zero-order valence-electron chi connectivity index (χ0n) is 9.58. The molecule has 7 heteroatoms. The van der Waals surface area contributed by atoms with Gasteiger partial charge in [-0.1, -0.05) is 17.2 Å². The molecule has 0 aliphatic carbocycles. The highest BCUT2D eigenvalue weighted by atomic mass is 19.1. The van der Waals surface area contributed by atoms with Crippen LogP contribution in [-0.4, -0.2) is 24.2 Å². The third-order valence-electron chi connectivity index (χ3n) is 2.30. The Balaban J connectivity index is 2.57. The first kappa shape index (κ1) is 14.0. The Kier molecular flexibility index (Phi) is 5.63. The Morgan fingerprint density at radius 1 is 1.50 bits per heavy atom. The van der Waals surface area contributed by atoms with E-state index >= 15 is 0 Å². The maximum atomic E-state index is 12.7. The van der Waals surface area contributed by atoms with Crippen LogP contribution in [0.3, 0.4) is 0 Å². The van der Waals surface area contributed by atoms with E-state index in [1.807, 2.05) is 0 Å². The first-order valence-corrected chi connectivity index (χ1v) is 5.37. The minimum Gasteiger partial charge on any atom is -0.480 e. The predicted molar refractivity (Wildman–Crippen MR) is 63.4 cm³/mol. The van der Waals surface area contributed by atoms with Crippen molar-refractivity contribution in [2.45, 2.75) is 12.5 Å². The summed E-state index contributed by atoms with van der Waals surface area (Å²) in [5.41, 5.74) is 8.55. The Labute approximate surface area is 103 Å². The molecule has 0 saturated carbocycles. The van der Waals surface area contributed by atoms with E-state index in [9.17, 15) is 9.18 Å². The summed E-state index contributed by atoms with van der Waals surface area (Å²) in [6.07, 6.45) is 0.537. The number of hydrogen-bond donors (Lipinski definition) is 2. The molecule has 18 heavy (non-hydrogen) atoms. The Bertz CT molecular complexity index is 443. The van der Waals surface area contributed by atoms with Gasteiger partial charge in [-0.25, -0.2) is 4.39 Å². The second kappa shape index (κ2) is 7.26. The molecule has 0 fully saturated rings. The zero-order valence-corrected chi connectivity index (χ0v) is 9.58. The second-order valence-electron chi connectivity index (χ2n) is 3.58. The van der Waals surface area contributed by atoms with Crippen molar-refractivity contribution >= 4 is 5.97 Å². The lowest BCUT2D eigenvalue weighted by Gasteiger charge is -2.14. The second-order valence-corrected chi connectivity index (χ2v) is 3.58. The van der Waals surface area contributed by atoms with Gasteiger partial charge in [0.05, 0.1) is 0 Å². The minimum absolute atomic E-state index is 0.305.